The molecule has 2 heterocycles. The Hall–Kier alpha value is -3.68. The van der Waals surface area contributed by atoms with Crippen molar-refractivity contribution in [2.75, 3.05) is 0 Å². The maximum absolute atomic E-state index is 14.0. The number of carbonyl (C=O) groups excluding carboxylic acids is 2. The van der Waals surface area contributed by atoms with Crippen LogP contribution in [0.4, 0.5) is 4.79 Å². The molecule has 0 saturated carbocycles. The highest BCUT2D eigenvalue weighted by atomic mass is 16.8. The van der Waals surface area contributed by atoms with E-state index in [-0.39, 0.29) is 30.3 Å². The number of hydrogen-bond acceptors (Lipinski definition) is 5. The predicted octanol–water partition coefficient (Wildman–Crippen LogP) is 5.91. The number of fused-ring (bicyclic) bond motifs is 1. The summed E-state index contributed by atoms with van der Waals surface area (Å²) in [6.45, 7) is 9.69. The molecule has 0 unspecified atom stereocenters. The zero-order valence-corrected chi connectivity index (χ0v) is 24.5. The summed E-state index contributed by atoms with van der Waals surface area (Å²) in [5.74, 6) is -1.19. The van der Waals surface area contributed by atoms with Crippen molar-refractivity contribution < 1.29 is 23.8 Å². The first-order valence-corrected chi connectivity index (χ1v) is 14.3. The lowest BCUT2D eigenvalue weighted by molar-refractivity contribution is -0.154. The molecule has 0 aromatic heterocycles. The fourth-order valence-corrected chi connectivity index (χ4v) is 5.71. The fourth-order valence-electron chi connectivity index (χ4n) is 5.71. The molecule has 2 saturated heterocycles. The lowest BCUT2D eigenvalue weighted by Crippen LogP contribution is -2.50. The minimum atomic E-state index is -0.802. The summed E-state index contributed by atoms with van der Waals surface area (Å²) >= 11 is 0. The number of benzene rings is 3. The van der Waals surface area contributed by atoms with Crippen molar-refractivity contribution in [1.82, 2.24) is 10.2 Å². The van der Waals surface area contributed by atoms with Gasteiger partial charge in [0.2, 0.25) is 0 Å². The summed E-state index contributed by atoms with van der Waals surface area (Å²) in [4.78, 5) is 28.7. The molecule has 5 rings (SSSR count). The summed E-state index contributed by atoms with van der Waals surface area (Å²) in [5, 5.41) is 3.28. The average molecular weight is 557 g/mol. The number of nitrogens with zero attached hydrogens (tertiary/aromatic N) is 1. The van der Waals surface area contributed by atoms with Gasteiger partial charge < -0.3 is 24.4 Å². The van der Waals surface area contributed by atoms with Gasteiger partial charge in [0, 0.05) is 6.54 Å². The quantitative estimate of drug-likeness (QED) is 0.366. The van der Waals surface area contributed by atoms with Crippen LogP contribution >= 0.6 is 0 Å². The van der Waals surface area contributed by atoms with E-state index in [0.717, 1.165) is 16.7 Å². The standard InChI is InChI=1S/C34H40N2O5/c1-33(2,3)41-31(37)26-18-12-17-25(19-26)22-36-28(21-24-15-10-7-11-16-24)30-29(39-34(4,5)40-30)27(35-32(36)38)20-23-13-8-6-9-14-23/h6-19,27-30H,20-22H2,1-5H3,(H,35,38)/t27-,28-,29+,30+/m1/s1. The molecular weight excluding hydrogens is 516 g/mol. The van der Waals surface area contributed by atoms with E-state index in [2.05, 4.69) is 29.6 Å². The zero-order valence-electron chi connectivity index (χ0n) is 24.5. The Morgan fingerprint density at radius 2 is 1.44 bits per heavy atom. The Balaban J connectivity index is 1.50. The molecule has 7 nitrogen and oxygen atoms in total. The van der Waals surface area contributed by atoms with Crippen LogP contribution in [0.1, 0.15) is 61.7 Å². The van der Waals surface area contributed by atoms with Crippen molar-refractivity contribution in [1.29, 1.82) is 0 Å². The molecule has 2 fully saturated rings. The number of ether oxygens (including phenoxy) is 3. The first-order valence-electron chi connectivity index (χ1n) is 14.3. The highest BCUT2D eigenvalue weighted by Crippen LogP contribution is 2.37. The van der Waals surface area contributed by atoms with Gasteiger partial charge in [0.15, 0.2) is 5.79 Å². The summed E-state index contributed by atoms with van der Waals surface area (Å²) < 4.78 is 18.7. The van der Waals surface area contributed by atoms with Gasteiger partial charge in [0.1, 0.15) is 17.8 Å². The third-order valence-corrected chi connectivity index (χ3v) is 7.41. The predicted molar refractivity (Wildman–Crippen MR) is 157 cm³/mol. The third-order valence-electron chi connectivity index (χ3n) is 7.41. The van der Waals surface area contributed by atoms with E-state index in [9.17, 15) is 9.59 Å². The van der Waals surface area contributed by atoms with Crippen LogP contribution in [-0.2, 0) is 33.6 Å². The van der Waals surface area contributed by atoms with Crippen LogP contribution in [-0.4, -0.2) is 52.6 Å². The molecule has 2 amide bonds. The van der Waals surface area contributed by atoms with Crippen molar-refractivity contribution in [3.63, 3.8) is 0 Å². The van der Waals surface area contributed by atoms with E-state index >= 15 is 0 Å². The number of carbonyl (C=O) groups is 2. The van der Waals surface area contributed by atoms with Gasteiger partial charge >= 0.3 is 12.0 Å². The summed E-state index contributed by atoms with van der Waals surface area (Å²) in [7, 11) is 0. The van der Waals surface area contributed by atoms with Crippen LogP contribution in [0.3, 0.4) is 0 Å². The zero-order chi connectivity index (χ0) is 29.2. The van der Waals surface area contributed by atoms with Gasteiger partial charge in [-0.25, -0.2) is 9.59 Å². The highest BCUT2D eigenvalue weighted by molar-refractivity contribution is 5.89. The Morgan fingerprint density at radius 1 is 0.854 bits per heavy atom. The molecule has 4 atom stereocenters. The van der Waals surface area contributed by atoms with Crippen LogP contribution in [0.25, 0.3) is 0 Å². The number of amides is 2. The Morgan fingerprint density at radius 3 is 2.07 bits per heavy atom. The highest BCUT2D eigenvalue weighted by Gasteiger charge is 2.53. The van der Waals surface area contributed by atoms with Gasteiger partial charge in [-0.2, -0.15) is 0 Å². The Bertz CT molecular complexity index is 1350. The normalized spacial score (nSPS) is 23.8. The maximum atomic E-state index is 14.0. The topological polar surface area (TPSA) is 77.1 Å². The third kappa shape index (κ3) is 7.16. The molecule has 1 N–H and O–H groups in total. The largest absolute Gasteiger partial charge is 0.456 e. The summed E-state index contributed by atoms with van der Waals surface area (Å²) in [6, 6.07) is 26.8. The van der Waals surface area contributed by atoms with E-state index < -0.39 is 17.4 Å². The molecule has 3 aromatic carbocycles. The van der Waals surface area contributed by atoms with Crippen molar-refractivity contribution in [2.24, 2.45) is 0 Å². The van der Waals surface area contributed by atoms with Crippen molar-refractivity contribution in [3.05, 3.63) is 107 Å². The van der Waals surface area contributed by atoms with E-state index in [1.807, 2.05) is 88.0 Å². The number of rotatable bonds is 7. The van der Waals surface area contributed by atoms with Crippen LogP contribution in [0.2, 0.25) is 0 Å². The van der Waals surface area contributed by atoms with Crippen molar-refractivity contribution in [3.8, 4) is 0 Å². The lowest BCUT2D eigenvalue weighted by atomic mass is 9.91. The molecule has 2 aliphatic rings. The van der Waals surface area contributed by atoms with Crippen LogP contribution in [0.15, 0.2) is 84.9 Å². The van der Waals surface area contributed by atoms with Gasteiger partial charge in [-0.3, -0.25) is 0 Å². The van der Waals surface area contributed by atoms with Gasteiger partial charge in [0.05, 0.1) is 17.6 Å². The Labute approximate surface area is 242 Å². The number of hydrogen-bond donors (Lipinski definition) is 1. The fraction of sp³-hybridized carbons (Fsp3) is 0.412. The van der Waals surface area contributed by atoms with E-state index in [1.165, 1.54) is 0 Å². The van der Waals surface area contributed by atoms with Gasteiger partial charge in [-0.1, -0.05) is 72.8 Å². The van der Waals surface area contributed by atoms with Gasteiger partial charge in [-0.15, -0.1) is 0 Å². The molecule has 7 heteroatoms. The molecule has 0 aliphatic carbocycles. The summed E-state index contributed by atoms with van der Waals surface area (Å²) in [6.07, 6.45) is 0.499. The van der Waals surface area contributed by atoms with Crippen LogP contribution in [0.5, 0.6) is 0 Å². The molecule has 2 aliphatic heterocycles. The van der Waals surface area contributed by atoms with E-state index in [4.69, 9.17) is 14.2 Å². The van der Waals surface area contributed by atoms with Crippen molar-refractivity contribution >= 4 is 12.0 Å². The first-order chi connectivity index (χ1) is 19.5. The SMILES string of the molecule is CC(C)(C)OC(=O)c1cccc(CN2C(=O)N[C@H](Cc3ccccc3)[C@@H]3OC(C)(C)O[C@H]3[C@H]2Cc2ccccc2)c1. The molecule has 0 spiro atoms. The molecular formula is C34H40N2O5. The molecule has 216 valence electrons. The number of urea groups is 1. The van der Waals surface area contributed by atoms with E-state index in [0.29, 0.717) is 24.9 Å². The molecule has 0 radical (unpaired) electrons. The first kappa shape index (κ1) is 28.8. The van der Waals surface area contributed by atoms with Gasteiger partial charge in [-0.05, 0) is 76.3 Å². The van der Waals surface area contributed by atoms with Crippen LogP contribution in [0, 0.1) is 0 Å². The number of nitrogens with one attached hydrogen (secondary N) is 1. The molecule has 41 heavy (non-hydrogen) atoms. The summed E-state index contributed by atoms with van der Waals surface area (Å²) in [5.41, 5.74) is 2.90. The lowest BCUT2D eigenvalue weighted by Gasteiger charge is -2.34. The molecule has 3 aromatic rings. The van der Waals surface area contributed by atoms with E-state index in [1.54, 1.807) is 12.1 Å². The smallest absolute Gasteiger partial charge is 0.338 e. The van der Waals surface area contributed by atoms with Gasteiger partial charge in [0.25, 0.3) is 0 Å². The minimum Gasteiger partial charge on any atom is -0.456 e. The second kappa shape index (κ2) is 11.7. The monoisotopic (exact) mass is 556 g/mol. The maximum Gasteiger partial charge on any atom is 0.338 e. The average Bonchev–Trinajstić information content (AvgIpc) is 3.21. The second-order valence-corrected chi connectivity index (χ2v) is 12.4. The van der Waals surface area contributed by atoms with Crippen molar-refractivity contribution in [2.45, 2.75) is 89.7 Å². The Kier molecular flexibility index (Phi) is 8.20. The number of esters is 1. The molecule has 0 bridgehead atoms. The van der Waals surface area contributed by atoms with Crippen LogP contribution < -0.4 is 5.32 Å². The second-order valence-electron chi connectivity index (χ2n) is 12.4. The minimum absolute atomic E-state index is 0.186.